The Morgan fingerprint density at radius 3 is 2.00 bits per heavy atom. The normalized spacial score (nSPS) is 16.3. The molecule has 0 saturated heterocycles. The molecule has 21 heavy (non-hydrogen) atoms. The van der Waals surface area contributed by atoms with Crippen LogP contribution in [0.25, 0.3) is 0 Å². The van der Waals surface area contributed by atoms with Crippen LogP contribution < -0.4 is 4.72 Å². The number of esters is 1. The summed E-state index contributed by atoms with van der Waals surface area (Å²) in [6.45, 7) is 8.50. The monoisotopic (exact) mass is 343 g/mol. The fourth-order valence-electron chi connectivity index (χ4n) is 1.51. The van der Waals surface area contributed by atoms with Crippen molar-refractivity contribution in [3.8, 4) is 0 Å². The summed E-state index contributed by atoms with van der Waals surface area (Å²) in [6, 6.07) is -1.11. The molecule has 0 spiro atoms. The maximum Gasteiger partial charge on any atom is 0.324 e. The Labute approximate surface area is 127 Å². The third-order valence-electron chi connectivity index (χ3n) is 2.55. The molecule has 0 bridgehead atoms. The van der Waals surface area contributed by atoms with Crippen molar-refractivity contribution in [3.63, 3.8) is 0 Å². The lowest BCUT2D eigenvalue weighted by atomic mass is 10.00. The van der Waals surface area contributed by atoms with Crippen LogP contribution in [0.2, 0.25) is 0 Å². The van der Waals surface area contributed by atoms with Gasteiger partial charge in [-0.1, -0.05) is 20.3 Å². The van der Waals surface area contributed by atoms with Gasteiger partial charge in [-0.2, -0.15) is 4.72 Å². The van der Waals surface area contributed by atoms with E-state index in [1.807, 2.05) is 0 Å². The summed E-state index contributed by atoms with van der Waals surface area (Å²) < 4.78 is 53.3. The molecule has 2 atom stereocenters. The van der Waals surface area contributed by atoms with E-state index in [4.69, 9.17) is 4.74 Å². The van der Waals surface area contributed by atoms with Crippen LogP contribution in [-0.2, 0) is 29.4 Å². The van der Waals surface area contributed by atoms with Crippen LogP contribution in [-0.4, -0.2) is 45.8 Å². The molecule has 0 aromatic carbocycles. The zero-order valence-electron chi connectivity index (χ0n) is 13.3. The Bertz CT molecular complexity index is 559. The Hall–Kier alpha value is -0.670. The second kappa shape index (κ2) is 7.06. The number of ether oxygens (including phenoxy) is 1. The second-order valence-corrected chi connectivity index (χ2v) is 10.4. The minimum atomic E-state index is -4.13. The maximum atomic E-state index is 12.1. The maximum absolute atomic E-state index is 12.1. The Balaban J connectivity index is 5.24. The Morgan fingerprint density at radius 1 is 1.19 bits per heavy atom. The van der Waals surface area contributed by atoms with E-state index in [2.05, 4.69) is 4.72 Å². The molecule has 9 heteroatoms. The van der Waals surface area contributed by atoms with Crippen molar-refractivity contribution in [1.29, 1.82) is 0 Å². The number of nitrogens with one attached hydrogen (secondary N) is 1. The predicted octanol–water partition coefficient (Wildman–Crippen LogP) is 0.664. The lowest BCUT2D eigenvalue weighted by molar-refractivity contribution is -0.158. The van der Waals surface area contributed by atoms with Gasteiger partial charge in [-0.25, -0.2) is 16.8 Å². The van der Waals surface area contributed by atoms with Crippen molar-refractivity contribution in [1.82, 2.24) is 4.72 Å². The van der Waals surface area contributed by atoms with Crippen LogP contribution in [0.15, 0.2) is 0 Å². The van der Waals surface area contributed by atoms with Gasteiger partial charge in [0, 0.05) is 6.26 Å². The lowest BCUT2D eigenvalue weighted by Gasteiger charge is -2.27. The number of sulfone groups is 1. The topological polar surface area (TPSA) is 107 Å². The summed E-state index contributed by atoms with van der Waals surface area (Å²) >= 11 is 0. The Kier molecular flexibility index (Phi) is 6.83. The van der Waals surface area contributed by atoms with Gasteiger partial charge >= 0.3 is 5.97 Å². The van der Waals surface area contributed by atoms with Crippen LogP contribution in [0.3, 0.4) is 0 Å². The molecule has 0 aliphatic carbocycles. The quantitative estimate of drug-likeness (QED) is 0.681. The molecule has 0 fully saturated rings. The molecule has 126 valence electrons. The van der Waals surface area contributed by atoms with E-state index in [1.165, 1.54) is 0 Å². The highest BCUT2D eigenvalue weighted by molar-refractivity contribution is 8.06. The van der Waals surface area contributed by atoms with Gasteiger partial charge in [-0.3, -0.25) is 4.79 Å². The van der Waals surface area contributed by atoms with E-state index in [1.54, 1.807) is 34.6 Å². The second-order valence-electron chi connectivity index (χ2n) is 6.17. The number of rotatable bonds is 7. The first-order chi connectivity index (χ1) is 9.17. The highest BCUT2D eigenvalue weighted by atomic mass is 32.3. The van der Waals surface area contributed by atoms with Crippen LogP contribution in [0.4, 0.5) is 0 Å². The number of carbonyl (C=O) groups is 1. The standard InChI is InChI=1S/C12H25NO6S2/c1-7-9(2)10(11(14)19-12(3,4)5)13-21(17,18)8-20(6,15)16/h9-10,13H,7-8H2,1-6H3/t9-,10-/m0/s1. The van der Waals surface area contributed by atoms with Gasteiger partial charge in [0.2, 0.25) is 10.0 Å². The third kappa shape index (κ3) is 9.05. The van der Waals surface area contributed by atoms with Crippen molar-refractivity contribution in [3.05, 3.63) is 0 Å². The molecule has 0 heterocycles. The number of hydrogen-bond donors (Lipinski definition) is 1. The zero-order valence-corrected chi connectivity index (χ0v) is 15.0. The van der Waals surface area contributed by atoms with E-state index in [0.29, 0.717) is 6.42 Å². The molecule has 0 amide bonds. The van der Waals surface area contributed by atoms with E-state index < -0.39 is 42.6 Å². The average Bonchev–Trinajstić information content (AvgIpc) is 2.18. The van der Waals surface area contributed by atoms with E-state index >= 15 is 0 Å². The number of carbonyl (C=O) groups excluding carboxylic acids is 1. The minimum Gasteiger partial charge on any atom is -0.459 e. The zero-order chi connectivity index (χ0) is 17.1. The third-order valence-corrected chi connectivity index (χ3v) is 6.12. The van der Waals surface area contributed by atoms with E-state index in [0.717, 1.165) is 6.26 Å². The summed E-state index contributed by atoms with van der Waals surface area (Å²) in [7, 11) is -7.86. The summed E-state index contributed by atoms with van der Waals surface area (Å²) in [5, 5.41) is -1.06. The van der Waals surface area contributed by atoms with Crippen molar-refractivity contribution in [2.45, 2.75) is 52.7 Å². The SMILES string of the molecule is CC[C@H](C)[C@H](NS(=O)(=O)CS(C)(=O)=O)C(=O)OC(C)(C)C. The molecule has 0 aromatic rings. The smallest absolute Gasteiger partial charge is 0.324 e. The fourth-order valence-corrected chi connectivity index (χ4v) is 4.75. The molecule has 0 aliphatic heterocycles. The van der Waals surface area contributed by atoms with Crippen LogP contribution >= 0.6 is 0 Å². The predicted molar refractivity (Wildman–Crippen MR) is 80.9 cm³/mol. The van der Waals surface area contributed by atoms with Gasteiger partial charge in [0.15, 0.2) is 14.9 Å². The molecule has 0 saturated carbocycles. The van der Waals surface area contributed by atoms with Gasteiger partial charge in [0.05, 0.1) is 0 Å². The van der Waals surface area contributed by atoms with Crippen LogP contribution in [0.1, 0.15) is 41.0 Å². The molecule has 1 N–H and O–H groups in total. The average molecular weight is 343 g/mol. The van der Waals surface area contributed by atoms with Crippen molar-refractivity contribution in [2.24, 2.45) is 5.92 Å². The highest BCUT2D eigenvalue weighted by Crippen LogP contribution is 2.15. The lowest BCUT2D eigenvalue weighted by Crippen LogP contribution is -2.48. The molecule has 0 rings (SSSR count). The van der Waals surface area contributed by atoms with Crippen molar-refractivity contribution < 1.29 is 26.4 Å². The van der Waals surface area contributed by atoms with Gasteiger partial charge in [-0.15, -0.1) is 0 Å². The summed E-state index contributed by atoms with van der Waals surface area (Å²) in [6.07, 6.45) is 1.35. The Morgan fingerprint density at radius 2 is 1.67 bits per heavy atom. The first-order valence-corrected chi connectivity index (χ1v) is 10.3. The van der Waals surface area contributed by atoms with E-state index in [-0.39, 0.29) is 5.92 Å². The highest BCUT2D eigenvalue weighted by Gasteiger charge is 2.33. The fraction of sp³-hybridized carbons (Fsp3) is 0.917. The van der Waals surface area contributed by atoms with E-state index in [9.17, 15) is 21.6 Å². The number of hydrogen-bond acceptors (Lipinski definition) is 6. The van der Waals surface area contributed by atoms with Crippen LogP contribution in [0.5, 0.6) is 0 Å². The summed E-state index contributed by atoms with van der Waals surface area (Å²) in [5.41, 5.74) is -0.759. The molecule has 0 radical (unpaired) electrons. The first-order valence-electron chi connectivity index (χ1n) is 6.57. The summed E-state index contributed by atoms with van der Waals surface area (Å²) in [4.78, 5) is 12.1. The molecular weight excluding hydrogens is 318 g/mol. The van der Waals surface area contributed by atoms with Crippen molar-refractivity contribution >= 4 is 25.8 Å². The molecule has 0 aliphatic rings. The first kappa shape index (κ1) is 20.3. The van der Waals surface area contributed by atoms with Gasteiger partial charge in [-0.05, 0) is 26.7 Å². The van der Waals surface area contributed by atoms with Gasteiger partial charge < -0.3 is 4.74 Å². The van der Waals surface area contributed by atoms with Gasteiger partial charge in [0.25, 0.3) is 0 Å². The minimum absolute atomic E-state index is 0.325. The van der Waals surface area contributed by atoms with Crippen LogP contribution in [0, 0.1) is 5.92 Å². The van der Waals surface area contributed by atoms with Crippen molar-refractivity contribution in [2.75, 3.05) is 11.3 Å². The number of sulfonamides is 1. The molecule has 7 nitrogen and oxygen atoms in total. The largest absolute Gasteiger partial charge is 0.459 e. The molecule has 0 aromatic heterocycles. The molecular formula is C12H25NO6S2. The molecule has 0 unspecified atom stereocenters. The van der Waals surface area contributed by atoms with Gasteiger partial charge in [0.1, 0.15) is 11.6 Å². The summed E-state index contributed by atoms with van der Waals surface area (Å²) in [5.74, 6) is -1.04.